The van der Waals surface area contributed by atoms with Crippen LogP contribution >= 0.6 is 0 Å². The van der Waals surface area contributed by atoms with Gasteiger partial charge in [0.25, 0.3) is 10.1 Å². The molecule has 5 heteroatoms. The second-order valence-corrected chi connectivity index (χ2v) is 7.28. The van der Waals surface area contributed by atoms with Crippen LogP contribution in [0.2, 0.25) is 0 Å². The zero-order valence-electron chi connectivity index (χ0n) is 14.2. The minimum atomic E-state index is -4.08. The molecule has 1 rings (SSSR count). The second-order valence-electron chi connectivity index (χ2n) is 5.86. The van der Waals surface area contributed by atoms with E-state index in [1.165, 1.54) is 57.1 Å². The Balaban J connectivity index is 0.00000441. The van der Waals surface area contributed by atoms with E-state index in [1.807, 2.05) is 0 Å². The Morgan fingerprint density at radius 2 is 1.45 bits per heavy atom. The van der Waals surface area contributed by atoms with Crippen molar-refractivity contribution in [2.24, 2.45) is 0 Å². The predicted octanol–water partition coefficient (Wildman–Crippen LogP) is 2.18. The third-order valence-electron chi connectivity index (χ3n) is 3.99. The Bertz CT molecular complexity index is 497. The Labute approximate surface area is 157 Å². The smallest absolute Gasteiger partial charge is 0.282 e. The maximum atomic E-state index is 11.0. The predicted molar refractivity (Wildman–Crippen MR) is 87.3 cm³/mol. The van der Waals surface area contributed by atoms with Crippen LogP contribution in [-0.2, 0) is 10.1 Å². The topological polar surface area (TPSA) is 54.4 Å². The van der Waals surface area contributed by atoms with Gasteiger partial charge in [-0.1, -0.05) is 70.9 Å². The molecule has 22 heavy (non-hydrogen) atoms. The van der Waals surface area contributed by atoms with Gasteiger partial charge < -0.3 is 0 Å². The van der Waals surface area contributed by atoms with E-state index in [0.29, 0.717) is 5.92 Å². The van der Waals surface area contributed by atoms with Crippen LogP contribution in [0.15, 0.2) is 29.2 Å². The summed E-state index contributed by atoms with van der Waals surface area (Å²) in [7, 11) is -4.08. The van der Waals surface area contributed by atoms with Crippen LogP contribution in [0.4, 0.5) is 0 Å². The van der Waals surface area contributed by atoms with Gasteiger partial charge in [0, 0.05) is 0 Å². The van der Waals surface area contributed by atoms with Gasteiger partial charge in [-0.15, -0.1) is 0 Å². The maximum absolute atomic E-state index is 11.0. The molecule has 0 saturated carbocycles. The van der Waals surface area contributed by atoms with Crippen LogP contribution in [0, 0.1) is 0 Å². The summed E-state index contributed by atoms with van der Waals surface area (Å²) in [4.78, 5) is -0.0330. The quantitative estimate of drug-likeness (QED) is 0.405. The van der Waals surface area contributed by atoms with Gasteiger partial charge >= 0.3 is 29.6 Å². The van der Waals surface area contributed by atoms with Crippen molar-refractivity contribution >= 4 is 10.1 Å². The third-order valence-corrected chi connectivity index (χ3v) is 4.86. The Morgan fingerprint density at radius 3 is 1.95 bits per heavy atom. The third kappa shape index (κ3) is 8.68. The van der Waals surface area contributed by atoms with E-state index in [9.17, 15) is 8.42 Å². The first kappa shape index (κ1) is 22.1. The molecular formula is C17H28NaO3S+. The van der Waals surface area contributed by atoms with E-state index in [2.05, 4.69) is 13.8 Å². The number of hydrogen-bond acceptors (Lipinski definition) is 2. The van der Waals surface area contributed by atoms with Gasteiger partial charge in [0.2, 0.25) is 0 Å². The average Bonchev–Trinajstić information content (AvgIpc) is 2.45. The van der Waals surface area contributed by atoms with Gasteiger partial charge in [-0.2, -0.15) is 8.42 Å². The average molecular weight is 335 g/mol. The molecule has 1 N–H and O–H groups in total. The molecule has 1 aromatic carbocycles. The minimum absolute atomic E-state index is 0. The first-order valence-electron chi connectivity index (χ1n) is 8.02. The fourth-order valence-electron chi connectivity index (χ4n) is 2.54. The van der Waals surface area contributed by atoms with Crippen molar-refractivity contribution in [3.05, 3.63) is 29.8 Å². The molecule has 0 amide bonds. The Hall–Kier alpha value is 0.130. The molecule has 0 aliphatic rings. The normalized spacial score (nSPS) is 12.7. The molecule has 1 unspecified atom stereocenters. The van der Waals surface area contributed by atoms with E-state index in [-0.39, 0.29) is 34.5 Å². The molecule has 0 saturated heterocycles. The first-order chi connectivity index (χ1) is 9.95. The molecule has 0 radical (unpaired) electrons. The molecule has 1 atom stereocenters. The molecule has 0 spiro atoms. The van der Waals surface area contributed by atoms with E-state index in [1.54, 1.807) is 12.1 Å². The molecule has 0 heterocycles. The molecule has 0 fully saturated rings. The molecule has 0 aromatic heterocycles. The fourth-order valence-corrected chi connectivity index (χ4v) is 3.02. The van der Waals surface area contributed by atoms with Gasteiger partial charge in [-0.05, 0) is 30.0 Å². The molecule has 0 bridgehead atoms. The maximum Gasteiger partial charge on any atom is 1.00 e. The van der Waals surface area contributed by atoms with Crippen molar-refractivity contribution in [2.75, 3.05) is 0 Å². The summed E-state index contributed by atoms with van der Waals surface area (Å²) in [5, 5.41) is 0. The van der Waals surface area contributed by atoms with Gasteiger partial charge in [0.1, 0.15) is 0 Å². The zero-order chi connectivity index (χ0) is 15.7. The van der Waals surface area contributed by atoms with Gasteiger partial charge in [0.15, 0.2) is 0 Å². The molecular weight excluding hydrogens is 307 g/mol. The zero-order valence-corrected chi connectivity index (χ0v) is 17.0. The van der Waals surface area contributed by atoms with Crippen LogP contribution in [-0.4, -0.2) is 13.0 Å². The monoisotopic (exact) mass is 335 g/mol. The minimum Gasteiger partial charge on any atom is -0.282 e. The van der Waals surface area contributed by atoms with E-state index >= 15 is 0 Å². The van der Waals surface area contributed by atoms with Crippen molar-refractivity contribution in [1.29, 1.82) is 0 Å². The summed E-state index contributed by atoms with van der Waals surface area (Å²) in [6.45, 7) is 4.40. The number of hydrogen-bond donors (Lipinski definition) is 1. The largest absolute Gasteiger partial charge is 1.00 e. The van der Waals surface area contributed by atoms with E-state index in [0.717, 1.165) is 12.0 Å². The Kier molecular flexibility index (Phi) is 11.7. The van der Waals surface area contributed by atoms with Crippen LogP contribution in [0.25, 0.3) is 0 Å². The van der Waals surface area contributed by atoms with Gasteiger partial charge in [-0.3, -0.25) is 4.55 Å². The molecule has 120 valence electrons. The second kappa shape index (κ2) is 11.6. The van der Waals surface area contributed by atoms with Crippen LogP contribution in [0.5, 0.6) is 0 Å². The summed E-state index contributed by atoms with van der Waals surface area (Å²) in [6, 6.07) is 6.56. The number of benzene rings is 1. The van der Waals surface area contributed by atoms with Crippen molar-refractivity contribution in [2.45, 2.75) is 76.0 Å². The standard InChI is InChI=1S/C17H28O3S.Na/c1-3-4-5-6-7-8-9-10-15(2)16-11-13-17(14-12-16)21(18,19)20;/h11-15H,3-10H2,1-2H3,(H,18,19,20);/q;+1. The molecule has 0 aliphatic heterocycles. The van der Waals surface area contributed by atoms with Crippen molar-refractivity contribution < 1.29 is 42.5 Å². The van der Waals surface area contributed by atoms with E-state index in [4.69, 9.17) is 4.55 Å². The van der Waals surface area contributed by atoms with Crippen LogP contribution in [0.1, 0.15) is 76.7 Å². The number of unbranched alkanes of at least 4 members (excludes halogenated alkanes) is 6. The van der Waals surface area contributed by atoms with Crippen molar-refractivity contribution in [3.63, 3.8) is 0 Å². The molecule has 1 aromatic rings. The first-order valence-corrected chi connectivity index (χ1v) is 9.46. The van der Waals surface area contributed by atoms with Crippen LogP contribution < -0.4 is 29.6 Å². The van der Waals surface area contributed by atoms with Gasteiger partial charge in [0.05, 0.1) is 4.90 Å². The molecule has 0 aliphatic carbocycles. The van der Waals surface area contributed by atoms with Crippen molar-refractivity contribution in [3.8, 4) is 0 Å². The molecule has 3 nitrogen and oxygen atoms in total. The van der Waals surface area contributed by atoms with Crippen LogP contribution in [0.3, 0.4) is 0 Å². The Morgan fingerprint density at radius 1 is 0.955 bits per heavy atom. The summed E-state index contributed by atoms with van der Waals surface area (Å²) in [6.07, 6.45) is 10.2. The summed E-state index contributed by atoms with van der Waals surface area (Å²) in [5.41, 5.74) is 1.13. The fraction of sp³-hybridized carbons (Fsp3) is 0.647. The van der Waals surface area contributed by atoms with Gasteiger partial charge in [-0.25, -0.2) is 0 Å². The summed E-state index contributed by atoms with van der Waals surface area (Å²) in [5.74, 6) is 0.427. The van der Waals surface area contributed by atoms with E-state index < -0.39 is 10.1 Å². The van der Waals surface area contributed by atoms with Crippen molar-refractivity contribution in [1.82, 2.24) is 0 Å². The number of rotatable bonds is 10. The SMILES string of the molecule is CCCCCCCCCC(C)c1ccc(S(=O)(=O)O)cc1.[Na+]. The summed E-state index contributed by atoms with van der Waals surface area (Å²) < 4.78 is 30.9. The summed E-state index contributed by atoms with van der Waals surface area (Å²) >= 11 is 0.